The van der Waals surface area contributed by atoms with Crippen molar-refractivity contribution in [1.82, 2.24) is 0 Å². The Morgan fingerprint density at radius 2 is 2.00 bits per heavy atom. The normalized spacial score (nSPS) is 38.3. The average molecular weight is 208 g/mol. The van der Waals surface area contributed by atoms with Gasteiger partial charge in [-0.15, -0.1) is 0 Å². The van der Waals surface area contributed by atoms with Gasteiger partial charge in [0.1, 0.15) is 6.10 Å². The fourth-order valence-corrected chi connectivity index (χ4v) is 1.25. The Hall–Kier alpha value is 0.230. The van der Waals surface area contributed by atoms with Gasteiger partial charge in [-0.05, 0) is 6.92 Å². The van der Waals surface area contributed by atoms with Crippen molar-refractivity contribution in [1.29, 1.82) is 0 Å². The monoisotopic (exact) mass is 208 g/mol. The van der Waals surface area contributed by atoms with Gasteiger partial charge in [0.05, 0.1) is 24.1 Å². The molecule has 2 N–H and O–H groups in total. The molecule has 13 heavy (non-hydrogen) atoms. The lowest BCUT2D eigenvalue weighted by molar-refractivity contribution is 0.00298. The predicted octanol–water partition coefficient (Wildman–Crippen LogP) is 0.843. The number of aliphatic hydroxyl groups excluding tert-OH is 2. The molecule has 0 radical (unpaired) electrons. The largest absolute Gasteiger partial charge is 0.394 e. The van der Waals surface area contributed by atoms with E-state index in [2.05, 4.69) is 26.5 Å². The zero-order valence-electron chi connectivity index (χ0n) is 8.53. The van der Waals surface area contributed by atoms with E-state index in [1.165, 1.54) is 6.42 Å². The molecule has 0 aliphatic carbocycles. The molecule has 80 valence electrons. The number of ether oxygens (including phenoxy) is 1. The SMILES string of the molecule is CC1(S)COC(CO)C1O.CCC. The van der Waals surface area contributed by atoms with Crippen molar-refractivity contribution in [3.8, 4) is 0 Å². The summed E-state index contributed by atoms with van der Waals surface area (Å²) in [6, 6.07) is 0. The van der Waals surface area contributed by atoms with E-state index in [-0.39, 0.29) is 6.61 Å². The topological polar surface area (TPSA) is 49.7 Å². The molecule has 3 unspecified atom stereocenters. The maximum atomic E-state index is 9.36. The van der Waals surface area contributed by atoms with Gasteiger partial charge in [0.2, 0.25) is 0 Å². The van der Waals surface area contributed by atoms with Gasteiger partial charge in [-0.3, -0.25) is 0 Å². The Balaban J connectivity index is 0.000000424. The second-order valence-electron chi connectivity index (χ2n) is 3.54. The highest BCUT2D eigenvalue weighted by Gasteiger charge is 2.42. The van der Waals surface area contributed by atoms with Gasteiger partial charge < -0.3 is 14.9 Å². The van der Waals surface area contributed by atoms with E-state index in [0.29, 0.717) is 6.61 Å². The van der Waals surface area contributed by atoms with Crippen molar-refractivity contribution >= 4 is 12.6 Å². The quantitative estimate of drug-likeness (QED) is 0.560. The zero-order valence-corrected chi connectivity index (χ0v) is 9.42. The summed E-state index contributed by atoms with van der Waals surface area (Å²) in [6.45, 7) is 6.29. The van der Waals surface area contributed by atoms with Crippen LogP contribution in [0.5, 0.6) is 0 Å². The molecular formula is C9H20O3S. The molecule has 1 saturated heterocycles. The van der Waals surface area contributed by atoms with Gasteiger partial charge in [-0.2, -0.15) is 12.6 Å². The Bertz CT molecular complexity index is 139. The summed E-state index contributed by atoms with van der Waals surface area (Å²) in [5.41, 5.74) is 0. The Labute approximate surface area is 85.5 Å². The summed E-state index contributed by atoms with van der Waals surface area (Å²) < 4.78 is 4.55. The summed E-state index contributed by atoms with van der Waals surface area (Å²) in [4.78, 5) is 0. The molecule has 1 aliphatic rings. The van der Waals surface area contributed by atoms with Gasteiger partial charge in [0.15, 0.2) is 0 Å². The first-order valence-electron chi connectivity index (χ1n) is 4.62. The smallest absolute Gasteiger partial charge is 0.108 e. The lowest BCUT2D eigenvalue weighted by Gasteiger charge is -2.20. The molecule has 1 rings (SSSR count). The Morgan fingerprint density at radius 3 is 2.15 bits per heavy atom. The summed E-state index contributed by atoms with van der Waals surface area (Å²) in [5.74, 6) is 0. The molecule has 0 saturated carbocycles. The van der Waals surface area contributed by atoms with Crippen LogP contribution in [0.4, 0.5) is 0 Å². The number of hydrogen-bond donors (Lipinski definition) is 3. The number of rotatable bonds is 1. The summed E-state index contributed by atoms with van der Waals surface area (Å²) in [5, 5.41) is 18.0. The maximum absolute atomic E-state index is 9.36. The fourth-order valence-electron chi connectivity index (χ4n) is 1.01. The molecule has 0 aromatic heterocycles. The zero-order chi connectivity index (χ0) is 10.5. The van der Waals surface area contributed by atoms with E-state index in [9.17, 15) is 5.11 Å². The van der Waals surface area contributed by atoms with E-state index in [4.69, 9.17) is 9.84 Å². The molecule has 1 heterocycles. The minimum Gasteiger partial charge on any atom is -0.394 e. The van der Waals surface area contributed by atoms with E-state index in [0.717, 1.165) is 0 Å². The lowest BCUT2D eigenvalue weighted by atomic mass is 10.0. The van der Waals surface area contributed by atoms with Gasteiger partial charge in [0.25, 0.3) is 0 Å². The fraction of sp³-hybridized carbons (Fsp3) is 1.00. The minimum absolute atomic E-state index is 0.142. The molecule has 1 fully saturated rings. The van der Waals surface area contributed by atoms with Crippen LogP contribution >= 0.6 is 12.6 Å². The summed E-state index contributed by atoms with van der Waals surface area (Å²) in [7, 11) is 0. The van der Waals surface area contributed by atoms with Gasteiger partial charge in [-0.1, -0.05) is 20.3 Å². The molecule has 0 amide bonds. The summed E-state index contributed by atoms with van der Waals surface area (Å²) >= 11 is 4.17. The molecule has 3 nitrogen and oxygen atoms in total. The van der Waals surface area contributed by atoms with Crippen molar-refractivity contribution in [2.75, 3.05) is 13.2 Å². The first-order chi connectivity index (χ1) is 5.99. The molecule has 4 heteroatoms. The Kier molecular flexibility index (Phi) is 5.96. The van der Waals surface area contributed by atoms with Gasteiger partial charge in [-0.25, -0.2) is 0 Å². The highest BCUT2D eigenvalue weighted by Crippen LogP contribution is 2.29. The van der Waals surface area contributed by atoms with Gasteiger partial charge >= 0.3 is 0 Å². The second kappa shape index (κ2) is 5.86. The van der Waals surface area contributed by atoms with Crippen LogP contribution in [-0.4, -0.2) is 40.4 Å². The van der Waals surface area contributed by atoms with Crippen LogP contribution in [0.25, 0.3) is 0 Å². The maximum Gasteiger partial charge on any atom is 0.108 e. The minimum atomic E-state index is -0.666. The van der Waals surface area contributed by atoms with Crippen molar-refractivity contribution < 1.29 is 14.9 Å². The van der Waals surface area contributed by atoms with Crippen LogP contribution in [0.2, 0.25) is 0 Å². The van der Waals surface area contributed by atoms with Crippen molar-refractivity contribution in [3.05, 3.63) is 0 Å². The van der Waals surface area contributed by atoms with Crippen LogP contribution in [0.3, 0.4) is 0 Å². The van der Waals surface area contributed by atoms with Crippen molar-refractivity contribution in [2.45, 2.75) is 44.1 Å². The van der Waals surface area contributed by atoms with Gasteiger partial charge in [0, 0.05) is 0 Å². The molecule has 0 aromatic carbocycles. The van der Waals surface area contributed by atoms with Crippen LogP contribution in [0.1, 0.15) is 27.2 Å². The van der Waals surface area contributed by atoms with E-state index in [1.807, 2.05) is 0 Å². The predicted molar refractivity (Wildman–Crippen MR) is 56.2 cm³/mol. The average Bonchev–Trinajstić information content (AvgIpc) is 2.30. The first kappa shape index (κ1) is 13.2. The van der Waals surface area contributed by atoms with E-state index in [1.54, 1.807) is 6.92 Å². The third kappa shape index (κ3) is 3.85. The van der Waals surface area contributed by atoms with Crippen molar-refractivity contribution in [3.63, 3.8) is 0 Å². The van der Waals surface area contributed by atoms with Crippen LogP contribution in [-0.2, 0) is 4.74 Å². The third-order valence-corrected chi connectivity index (χ3v) is 2.15. The Morgan fingerprint density at radius 1 is 1.54 bits per heavy atom. The summed E-state index contributed by atoms with van der Waals surface area (Å²) in [6.07, 6.45) is 0.128. The van der Waals surface area contributed by atoms with E-state index < -0.39 is 17.0 Å². The lowest BCUT2D eigenvalue weighted by Crippen LogP contribution is -2.37. The second-order valence-corrected chi connectivity index (χ2v) is 4.56. The molecule has 0 aromatic rings. The molecule has 0 spiro atoms. The van der Waals surface area contributed by atoms with Crippen LogP contribution in [0.15, 0.2) is 0 Å². The highest BCUT2D eigenvalue weighted by atomic mass is 32.1. The number of hydrogen-bond acceptors (Lipinski definition) is 4. The highest BCUT2D eigenvalue weighted by molar-refractivity contribution is 7.81. The third-order valence-electron chi connectivity index (χ3n) is 1.76. The van der Waals surface area contributed by atoms with Crippen LogP contribution in [0, 0.1) is 0 Å². The molecule has 0 bridgehead atoms. The molecule has 3 atom stereocenters. The molecular weight excluding hydrogens is 188 g/mol. The standard InChI is InChI=1S/C6H12O3S.C3H8/c1-6(10)3-9-4(2-7)5(6)8;1-3-2/h4-5,7-8,10H,2-3H2,1H3;3H2,1-2H3. The first-order valence-corrected chi connectivity index (χ1v) is 5.07. The van der Waals surface area contributed by atoms with E-state index >= 15 is 0 Å². The van der Waals surface area contributed by atoms with Crippen molar-refractivity contribution in [2.24, 2.45) is 0 Å². The number of thiol groups is 1. The van der Waals surface area contributed by atoms with Crippen LogP contribution < -0.4 is 0 Å². The molecule has 1 aliphatic heterocycles. The number of aliphatic hydroxyl groups is 2.